The van der Waals surface area contributed by atoms with Crippen molar-refractivity contribution in [1.82, 2.24) is 0 Å². The summed E-state index contributed by atoms with van der Waals surface area (Å²) in [4.78, 5) is 18.9. The minimum Gasteiger partial charge on any atom is -0.497 e. The van der Waals surface area contributed by atoms with Crippen LogP contribution in [0.25, 0.3) is 0 Å². The average molecular weight is 542 g/mol. The zero-order valence-corrected chi connectivity index (χ0v) is 19.4. The topological polar surface area (TPSA) is 76.0 Å². The molecule has 0 aromatic heterocycles. The Labute approximate surface area is 187 Å². The largest absolute Gasteiger partial charge is 0.497 e. The van der Waals surface area contributed by atoms with Crippen molar-refractivity contribution in [3.8, 4) is 5.75 Å². The Balaban J connectivity index is 1.61. The Morgan fingerprint density at radius 1 is 1.24 bits per heavy atom. The van der Waals surface area contributed by atoms with Gasteiger partial charge in [-0.15, -0.1) is 0 Å². The molecule has 2 fully saturated rings. The summed E-state index contributed by atoms with van der Waals surface area (Å²) in [5.74, 6) is 0.685. The number of benzene rings is 2. The second-order valence-corrected chi connectivity index (χ2v) is 11.6. The third-order valence-corrected chi connectivity index (χ3v) is 8.77. The Morgan fingerprint density at radius 2 is 2.00 bits per heavy atom. The number of thioether (sulfide) groups is 1. The van der Waals surface area contributed by atoms with E-state index < -0.39 is 9.84 Å². The molecule has 9 heteroatoms. The maximum absolute atomic E-state index is 12.6. The van der Waals surface area contributed by atoms with Gasteiger partial charge in [0.1, 0.15) is 5.75 Å². The zero-order valence-electron chi connectivity index (χ0n) is 15.6. The standard InChI is InChI=1S/C20H19IN2O4S2/c1-27-16-7-5-13(6-8-16)9-19(24)22-20-23(15-4-2-3-14(21)10-15)17-11-29(25,26)12-18(17)28-20/h2-8,10,17-18H,9,11-12H2,1H3/t17-,18+/m0/s1. The van der Waals surface area contributed by atoms with E-state index in [2.05, 4.69) is 27.6 Å². The number of sulfone groups is 1. The summed E-state index contributed by atoms with van der Waals surface area (Å²) in [5, 5.41) is 0.473. The fourth-order valence-electron chi connectivity index (χ4n) is 3.56. The fraction of sp³-hybridized carbons (Fsp3) is 0.300. The van der Waals surface area contributed by atoms with E-state index in [4.69, 9.17) is 4.74 Å². The van der Waals surface area contributed by atoms with E-state index >= 15 is 0 Å². The second kappa shape index (κ2) is 8.27. The lowest BCUT2D eigenvalue weighted by molar-refractivity contribution is -0.117. The molecule has 0 spiro atoms. The molecule has 2 atom stereocenters. The van der Waals surface area contributed by atoms with Gasteiger partial charge in [-0.2, -0.15) is 4.99 Å². The monoisotopic (exact) mass is 542 g/mol. The van der Waals surface area contributed by atoms with Crippen molar-refractivity contribution in [2.24, 2.45) is 4.99 Å². The summed E-state index contributed by atoms with van der Waals surface area (Å²) in [6.45, 7) is 0. The molecule has 0 bridgehead atoms. The number of ether oxygens (including phenoxy) is 1. The van der Waals surface area contributed by atoms with Gasteiger partial charge < -0.3 is 9.64 Å². The van der Waals surface area contributed by atoms with Crippen LogP contribution in [0.15, 0.2) is 53.5 Å². The van der Waals surface area contributed by atoms with Crippen LogP contribution in [0.1, 0.15) is 5.56 Å². The van der Waals surface area contributed by atoms with E-state index in [1.165, 1.54) is 11.8 Å². The molecule has 2 aliphatic heterocycles. The molecule has 6 nitrogen and oxygen atoms in total. The first-order valence-corrected chi connectivity index (χ1v) is 12.8. The van der Waals surface area contributed by atoms with Crippen molar-refractivity contribution in [1.29, 1.82) is 0 Å². The van der Waals surface area contributed by atoms with Crippen LogP contribution in [0, 0.1) is 3.57 Å². The van der Waals surface area contributed by atoms with E-state index in [0.29, 0.717) is 5.17 Å². The molecule has 29 heavy (non-hydrogen) atoms. The lowest BCUT2D eigenvalue weighted by atomic mass is 10.1. The van der Waals surface area contributed by atoms with E-state index in [1.54, 1.807) is 7.11 Å². The number of carbonyl (C=O) groups excluding carboxylic acids is 1. The molecule has 1 amide bonds. The zero-order chi connectivity index (χ0) is 20.6. The minimum atomic E-state index is -3.08. The van der Waals surface area contributed by atoms with Crippen LogP contribution in [-0.2, 0) is 21.1 Å². The number of aliphatic imine (C=N–C) groups is 1. The summed E-state index contributed by atoms with van der Waals surface area (Å²) in [5.41, 5.74) is 1.72. The molecule has 2 aromatic carbocycles. The summed E-state index contributed by atoms with van der Waals surface area (Å²) >= 11 is 3.61. The average Bonchev–Trinajstić information content (AvgIpc) is 3.12. The van der Waals surface area contributed by atoms with E-state index in [9.17, 15) is 13.2 Å². The lowest BCUT2D eigenvalue weighted by Crippen LogP contribution is -2.37. The number of amides is 1. The van der Waals surface area contributed by atoms with E-state index in [1.807, 2.05) is 53.4 Å². The Morgan fingerprint density at radius 3 is 2.69 bits per heavy atom. The first-order valence-electron chi connectivity index (χ1n) is 9.01. The van der Waals surface area contributed by atoms with Crippen molar-refractivity contribution in [2.75, 3.05) is 23.5 Å². The Bertz CT molecular complexity index is 1070. The first-order chi connectivity index (χ1) is 13.8. The molecular weight excluding hydrogens is 523 g/mol. The van der Waals surface area contributed by atoms with Crippen molar-refractivity contribution in [3.05, 3.63) is 57.7 Å². The van der Waals surface area contributed by atoms with Gasteiger partial charge in [-0.05, 0) is 58.5 Å². The molecule has 0 aliphatic carbocycles. The maximum Gasteiger partial charge on any atom is 0.252 e. The predicted octanol–water partition coefficient (Wildman–Crippen LogP) is 3.14. The normalized spacial score (nSPS) is 23.9. The molecule has 0 radical (unpaired) electrons. The SMILES string of the molecule is COc1ccc(CC(=O)N=C2S[C@@H]3CS(=O)(=O)C[C@@H]3N2c2cccc(I)c2)cc1. The second-order valence-electron chi connectivity index (χ2n) is 6.96. The van der Waals surface area contributed by atoms with Gasteiger partial charge in [0.25, 0.3) is 5.91 Å². The maximum atomic E-state index is 12.6. The number of fused-ring (bicyclic) bond motifs is 1. The number of hydrogen-bond acceptors (Lipinski definition) is 5. The number of anilines is 1. The third-order valence-electron chi connectivity index (χ3n) is 4.89. The van der Waals surface area contributed by atoms with Crippen LogP contribution in [0.3, 0.4) is 0 Å². The number of rotatable bonds is 4. The van der Waals surface area contributed by atoms with Gasteiger partial charge in [0.15, 0.2) is 15.0 Å². The number of halogens is 1. The Kier molecular flexibility index (Phi) is 5.90. The van der Waals surface area contributed by atoms with Crippen LogP contribution in [0.4, 0.5) is 5.69 Å². The van der Waals surface area contributed by atoms with Gasteiger partial charge in [0.2, 0.25) is 0 Å². The summed E-state index contributed by atoms with van der Waals surface area (Å²) in [7, 11) is -1.48. The summed E-state index contributed by atoms with van der Waals surface area (Å²) in [6.07, 6.45) is 0.182. The molecule has 0 N–H and O–H groups in total. The van der Waals surface area contributed by atoms with Gasteiger partial charge in [0.05, 0.1) is 31.1 Å². The molecule has 2 aromatic rings. The summed E-state index contributed by atoms with van der Waals surface area (Å²) in [6, 6.07) is 14.9. The highest BCUT2D eigenvalue weighted by atomic mass is 127. The van der Waals surface area contributed by atoms with Crippen LogP contribution < -0.4 is 9.64 Å². The van der Waals surface area contributed by atoms with Crippen molar-refractivity contribution < 1.29 is 17.9 Å². The van der Waals surface area contributed by atoms with Gasteiger partial charge in [-0.25, -0.2) is 8.42 Å². The summed E-state index contributed by atoms with van der Waals surface area (Å²) < 4.78 is 30.5. The predicted molar refractivity (Wildman–Crippen MR) is 125 cm³/mol. The van der Waals surface area contributed by atoms with E-state index in [0.717, 1.165) is 20.6 Å². The lowest BCUT2D eigenvalue weighted by Gasteiger charge is -2.24. The molecule has 2 aliphatic rings. The fourth-order valence-corrected chi connectivity index (χ4v) is 8.01. The van der Waals surface area contributed by atoms with Crippen LogP contribution in [-0.4, -0.2) is 49.4 Å². The molecule has 152 valence electrons. The molecule has 4 rings (SSSR count). The highest BCUT2D eigenvalue weighted by Gasteiger charge is 2.49. The molecule has 0 unspecified atom stereocenters. The van der Waals surface area contributed by atoms with Gasteiger partial charge in [0, 0.05) is 14.5 Å². The van der Waals surface area contributed by atoms with Crippen molar-refractivity contribution in [3.63, 3.8) is 0 Å². The third kappa shape index (κ3) is 4.61. The number of hydrogen-bond donors (Lipinski definition) is 0. The van der Waals surface area contributed by atoms with Gasteiger partial charge >= 0.3 is 0 Å². The number of amidine groups is 1. The Hall–Kier alpha value is -1.59. The van der Waals surface area contributed by atoms with Crippen molar-refractivity contribution in [2.45, 2.75) is 17.7 Å². The van der Waals surface area contributed by atoms with Gasteiger partial charge in [-0.1, -0.05) is 30.0 Å². The number of methoxy groups -OCH3 is 1. The first kappa shape index (κ1) is 20.7. The smallest absolute Gasteiger partial charge is 0.252 e. The van der Waals surface area contributed by atoms with Crippen molar-refractivity contribution >= 4 is 61.0 Å². The van der Waals surface area contributed by atoms with Gasteiger partial charge in [-0.3, -0.25) is 4.79 Å². The minimum absolute atomic E-state index is 0.0851. The number of carbonyl (C=O) groups is 1. The molecule has 0 saturated carbocycles. The molecule has 2 heterocycles. The number of nitrogens with zero attached hydrogens (tertiary/aromatic N) is 2. The van der Waals surface area contributed by atoms with Crippen LogP contribution >= 0.6 is 34.4 Å². The highest BCUT2D eigenvalue weighted by Crippen LogP contribution is 2.41. The highest BCUT2D eigenvalue weighted by molar-refractivity contribution is 14.1. The van der Waals surface area contributed by atoms with E-state index in [-0.39, 0.29) is 35.1 Å². The van der Waals surface area contributed by atoms with Crippen LogP contribution in [0.2, 0.25) is 0 Å². The molecule has 2 saturated heterocycles. The molecular formula is C20H19IN2O4S2. The quantitative estimate of drug-likeness (QED) is 0.553. The van der Waals surface area contributed by atoms with Crippen LogP contribution in [0.5, 0.6) is 5.75 Å².